The number of carbonyl (C=O) groups excluding carboxylic acids is 1. The zero-order valence-electron chi connectivity index (χ0n) is 13.8. The summed E-state index contributed by atoms with van der Waals surface area (Å²) >= 11 is 0. The first kappa shape index (κ1) is 15.0. The van der Waals surface area contributed by atoms with Crippen molar-refractivity contribution in [3.63, 3.8) is 0 Å². The lowest BCUT2D eigenvalue weighted by atomic mass is 9.50. The SMILES string of the molecule is C[C@]12CC[C@H]3[C@@H](CC=C4NC(=O)C=C[C@@]43C)[C@@H]1CC[C@@H]2C(=O)O. The maximum absolute atomic E-state index is 11.7. The van der Waals surface area contributed by atoms with Crippen LogP contribution < -0.4 is 5.32 Å². The number of carbonyl (C=O) groups is 2. The van der Waals surface area contributed by atoms with Crippen LogP contribution in [0.2, 0.25) is 0 Å². The van der Waals surface area contributed by atoms with Crippen molar-refractivity contribution in [3.8, 4) is 0 Å². The second-order valence-corrected chi connectivity index (χ2v) is 8.35. The van der Waals surface area contributed by atoms with Crippen LogP contribution in [-0.2, 0) is 9.59 Å². The molecule has 2 saturated carbocycles. The van der Waals surface area contributed by atoms with E-state index in [-0.39, 0.29) is 22.7 Å². The summed E-state index contributed by atoms with van der Waals surface area (Å²) in [7, 11) is 0. The van der Waals surface area contributed by atoms with Gasteiger partial charge >= 0.3 is 5.97 Å². The third-order valence-electron chi connectivity index (χ3n) is 7.52. The van der Waals surface area contributed by atoms with Crippen LogP contribution in [0.25, 0.3) is 0 Å². The molecule has 0 radical (unpaired) electrons. The summed E-state index contributed by atoms with van der Waals surface area (Å²) in [6.07, 6.45) is 10.8. The Kier molecular flexibility index (Phi) is 3.07. The predicted octanol–water partition coefficient (Wildman–Crippen LogP) is 3.11. The van der Waals surface area contributed by atoms with E-state index in [0.29, 0.717) is 17.8 Å². The summed E-state index contributed by atoms with van der Waals surface area (Å²) in [5, 5.41) is 12.6. The molecule has 6 atom stereocenters. The molecule has 0 bridgehead atoms. The van der Waals surface area contributed by atoms with Crippen molar-refractivity contribution in [2.75, 3.05) is 0 Å². The molecule has 3 aliphatic carbocycles. The minimum atomic E-state index is -0.614. The number of allylic oxidation sites excluding steroid dienone is 2. The van der Waals surface area contributed by atoms with Crippen molar-refractivity contribution in [1.82, 2.24) is 5.32 Å². The van der Waals surface area contributed by atoms with E-state index in [9.17, 15) is 14.7 Å². The Bertz CT molecular complexity index is 637. The average Bonchev–Trinajstić information content (AvgIpc) is 2.85. The zero-order valence-corrected chi connectivity index (χ0v) is 13.8. The number of carboxylic acids is 1. The van der Waals surface area contributed by atoms with E-state index in [2.05, 4.69) is 31.3 Å². The normalized spacial score (nSPS) is 47.9. The van der Waals surface area contributed by atoms with Crippen LogP contribution in [0, 0.1) is 34.5 Å². The number of aliphatic carboxylic acids is 1. The molecule has 1 aliphatic heterocycles. The van der Waals surface area contributed by atoms with Gasteiger partial charge in [-0.3, -0.25) is 9.59 Å². The van der Waals surface area contributed by atoms with Crippen molar-refractivity contribution < 1.29 is 14.7 Å². The quantitative estimate of drug-likeness (QED) is 0.781. The van der Waals surface area contributed by atoms with Crippen LogP contribution in [0.5, 0.6) is 0 Å². The molecule has 124 valence electrons. The van der Waals surface area contributed by atoms with Crippen molar-refractivity contribution in [3.05, 3.63) is 23.9 Å². The summed E-state index contributed by atoms with van der Waals surface area (Å²) in [6.45, 7) is 4.44. The highest BCUT2D eigenvalue weighted by Crippen LogP contribution is 2.64. The van der Waals surface area contributed by atoms with Crippen molar-refractivity contribution in [2.45, 2.75) is 46.0 Å². The number of fused-ring (bicyclic) bond motifs is 5. The maximum Gasteiger partial charge on any atom is 0.307 e. The monoisotopic (exact) mass is 315 g/mol. The molecule has 1 heterocycles. The zero-order chi connectivity index (χ0) is 16.4. The van der Waals surface area contributed by atoms with Gasteiger partial charge in [-0.1, -0.05) is 26.0 Å². The van der Waals surface area contributed by atoms with E-state index < -0.39 is 5.97 Å². The molecule has 23 heavy (non-hydrogen) atoms. The third-order valence-corrected chi connectivity index (χ3v) is 7.52. The largest absolute Gasteiger partial charge is 0.481 e. The van der Waals surface area contributed by atoms with Crippen LogP contribution in [0.1, 0.15) is 46.0 Å². The van der Waals surface area contributed by atoms with E-state index in [1.165, 1.54) is 0 Å². The lowest BCUT2D eigenvalue weighted by molar-refractivity contribution is -0.148. The van der Waals surface area contributed by atoms with E-state index >= 15 is 0 Å². The minimum Gasteiger partial charge on any atom is -0.481 e. The highest BCUT2D eigenvalue weighted by atomic mass is 16.4. The third kappa shape index (κ3) is 1.90. The molecular formula is C19H25NO3. The first-order chi connectivity index (χ1) is 10.9. The van der Waals surface area contributed by atoms with Gasteiger partial charge < -0.3 is 10.4 Å². The summed E-state index contributed by atoms with van der Waals surface area (Å²) in [5.41, 5.74) is 0.901. The second kappa shape index (κ2) is 4.71. The van der Waals surface area contributed by atoms with Gasteiger partial charge in [-0.05, 0) is 55.3 Å². The van der Waals surface area contributed by atoms with E-state index in [1.807, 2.05) is 0 Å². The molecule has 4 aliphatic rings. The number of carboxylic acid groups (broad SMARTS) is 1. The van der Waals surface area contributed by atoms with Crippen molar-refractivity contribution in [2.24, 2.45) is 34.5 Å². The molecule has 4 rings (SSSR count). The van der Waals surface area contributed by atoms with Gasteiger partial charge in [0.2, 0.25) is 5.91 Å². The van der Waals surface area contributed by atoms with Gasteiger partial charge in [-0.2, -0.15) is 0 Å². The fourth-order valence-electron chi connectivity index (χ4n) is 6.26. The minimum absolute atomic E-state index is 0.0281. The average molecular weight is 315 g/mol. The topological polar surface area (TPSA) is 66.4 Å². The molecule has 0 aromatic rings. The van der Waals surface area contributed by atoms with E-state index in [0.717, 1.165) is 37.8 Å². The van der Waals surface area contributed by atoms with Crippen molar-refractivity contribution >= 4 is 11.9 Å². The standard InChI is InChI=1S/C19H25NO3/c1-18-9-7-13-11(12(18)4-5-14(18)17(22)23)3-6-15-19(13,2)10-8-16(21)20-15/h6,8,10-14H,3-5,7,9H2,1-2H3,(H,20,21)(H,22,23)/t11-,12-,13-,14+,18-,19+/m0/s1. The Morgan fingerprint density at radius 2 is 2.04 bits per heavy atom. The highest BCUT2D eigenvalue weighted by molar-refractivity contribution is 5.90. The first-order valence-corrected chi connectivity index (χ1v) is 8.80. The van der Waals surface area contributed by atoms with Crippen LogP contribution in [0.4, 0.5) is 0 Å². The lowest BCUT2D eigenvalue weighted by Gasteiger charge is -2.55. The van der Waals surface area contributed by atoms with Crippen LogP contribution in [0.3, 0.4) is 0 Å². The van der Waals surface area contributed by atoms with Crippen molar-refractivity contribution in [1.29, 1.82) is 0 Å². The van der Waals surface area contributed by atoms with Gasteiger partial charge in [0.05, 0.1) is 5.92 Å². The maximum atomic E-state index is 11.7. The highest BCUT2D eigenvalue weighted by Gasteiger charge is 2.59. The molecule has 0 aromatic carbocycles. The molecule has 4 nitrogen and oxygen atoms in total. The molecule has 0 spiro atoms. The summed E-state index contributed by atoms with van der Waals surface area (Å²) in [5.74, 6) is 0.698. The molecule has 2 fully saturated rings. The number of amides is 1. The Hall–Kier alpha value is -1.58. The van der Waals surface area contributed by atoms with Gasteiger partial charge in [0.1, 0.15) is 0 Å². The number of nitrogens with one attached hydrogen (secondary N) is 1. The molecule has 0 saturated heterocycles. The van der Waals surface area contributed by atoms with Crippen LogP contribution in [-0.4, -0.2) is 17.0 Å². The van der Waals surface area contributed by atoms with Gasteiger partial charge in [0.15, 0.2) is 0 Å². The Morgan fingerprint density at radius 1 is 1.26 bits per heavy atom. The molecule has 4 heteroatoms. The van der Waals surface area contributed by atoms with E-state index in [1.54, 1.807) is 6.08 Å². The summed E-state index contributed by atoms with van der Waals surface area (Å²) in [6, 6.07) is 0. The fraction of sp³-hybridized carbons (Fsp3) is 0.684. The fourth-order valence-corrected chi connectivity index (χ4v) is 6.26. The van der Waals surface area contributed by atoms with Gasteiger partial charge in [0.25, 0.3) is 0 Å². The van der Waals surface area contributed by atoms with Gasteiger partial charge in [-0.25, -0.2) is 0 Å². The second-order valence-electron chi connectivity index (χ2n) is 8.35. The van der Waals surface area contributed by atoms with Gasteiger partial charge in [0, 0.05) is 17.2 Å². The molecule has 2 N–H and O–H groups in total. The summed E-state index contributed by atoms with van der Waals surface area (Å²) < 4.78 is 0. The van der Waals surface area contributed by atoms with Gasteiger partial charge in [-0.15, -0.1) is 0 Å². The van der Waals surface area contributed by atoms with E-state index in [4.69, 9.17) is 0 Å². The van der Waals surface area contributed by atoms with Crippen LogP contribution in [0.15, 0.2) is 23.9 Å². The van der Waals surface area contributed by atoms with Crippen LogP contribution >= 0.6 is 0 Å². The smallest absolute Gasteiger partial charge is 0.307 e. The predicted molar refractivity (Wildman–Crippen MR) is 86.3 cm³/mol. The summed E-state index contributed by atoms with van der Waals surface area (Å²) in [4.78, 5) is 23.3. The lowest BCUT2D eigenvalue weighted by Crippen LogP contribution is -2.52. The molecule has 0 unspecified atom stereocenters. The number of hydrogen-bond donors (Lipinski definition) is 2. The Balaban J connectivity index is 1.70. The molecule has 1 amide bonds. The number of hydrogen-bond acceptors (Lipinski definition) is 2. The Labute approximate surface area is 137 Å². The molecule has 0 aromatic heterocycles. The first-order valence-electron chi connectivity index (χ1n) is 8.80. The Morgan fingerprint density at radius 3 is 2.78 bits per heavy atom. The number of rotatable bonds is 1. The molecular weight excluding hydrogens is 290 g/mol.